The van der Waals surface area contributed by atoms with Gasteiger partial charge in [-0.1, -0.05) is 18.2 Å². The first kappa shape index (κ1) is 14.5. The number of nitrogens with two attached hydrogens (primary N) is 1. The first-order valence-electron chi connectivity index (χ1n) is 5.33. The van der Waals surface area contributed by atoms with Crippen molar-refractivity contribution in [2.24, 2.45) is 5.73 Å². The minimum Gasteiger partial charge on any atom is -0.480 e. The lowest BCUT2D eigenvalue weighted by molar-refractivity contribution is -0.138. The fourth-order valence-electron chi connectivity index (χ4n) is 1.24. The predicted molar refractivity (Wildman–Crippen MR) is 69.5 cm³/mol. The minimum absolute atomic E-state index is 0.309. The van der Waals surface area contributed by atoms with Crippen LogP contribution in [0.15, 0.2) is 24.3 Å². The van der Waals surface area contributed by atoms with E-state index in [1.54, 1.807) is 12.1 Å². The van der Waals surface area contributed by atoms with Crippen molar-refractivity contribution in [2.45, 2.75) is 18.7 Å². The van der Waals surface area contributed by atoms with Gasteiger partial charge in [0.25, 0.3) is 0 Å². The number of ether oxygens (including phenoxy) is 1. The summed E-state index contributed by atoms with van der Waals surface area (Å²) in [5, 5.41) is 8.65. The number of carboxylic acid groups (broad SMARTS) is 1. The molecule has 0 bridgehead atoms. The fraction of sp³-hybridized carbons (Fsp3) is 0.333. The molecule has 1 aromatic carbocycles. The van der Waals surface area contributed by atoms with Gasteiger partial charge in [-0.2, -0.15) is 11.8 Å². The van der Waals surface area contributed by atoms with Crippen LogP contribution in [-0.2, 0) is 15.3 Å². The van der Waals surface area contributed by atoms with Crippen LogP contribution in [0.1, 0.15) is 12.5 Å². The number of esters is 1. The van der Waals surface area contributed by atoms with Gasteiger partial charge in [-0.15, -0.1) is 0 Å². The van der Waals surface area contributed by atoms with Gasteiger partial charge >= 0.3 is 11.9 Å². The summed E-state index contributed by atoms with van der Waals surface area (Å²) in [6.07, 6.45) is 0. The lowest BCUT2D eigenvalue weighted by atomic mass is 10.2. The van der Waals surface area contributed by atoms with Gasteiger partial charge in [0, 0.05) is 24.0 Å². The molecule has 0 amide bonds. The van der Waals surface area contributed by atoms with Crippen LogP contribution in [0.2, 0.25) is 0 Å². The van der Waals surface area contributed by atoms with Crippen LogP contribution < -0.4 is 10.5 Å². The van der Waals surface area contributed by atoms with Gasteiger partial charge in [-0.3, -0.25) is 9.59 Å². The Hall–Kier alpha value is -1.53. The summed E-state index contributed by atoms with van der Waals surface area (Å²) in [6.45, 7) is 1.34. The number of benzene rings is 1. The van der Waals surface area contributed by atoms with E-state index in [0.29, 0.717) is 17.3 Å². The van der Waals surface area contributed by atoms with Crippen LogP contribution in [0.5, 0.6) is 5.75 Å². The molecule has 6 heteroatoms. The molecule has 0 saturated heterocycles. The Labute approximate surface area is 109 Å². The molecule has 5 nitrogen and oxygen atoms in total. The quantitative estimate of drug-likeness (QED) is 0.597. The zero-order valence-corrected chi connectivity index (χ0v) is 10.8. The van der Waals surface area contributed by atoms with Gasteiger partial charge in [0.05, 0.1) is 0 Å². The molecule has 0 spiro atoms. The number of hydrogen-bond donors (Lipinski definition) is 2. The summed E-state index contributed by atoms with van der Waals surface area (Å²) in [7, 11) is 0. The van der Waals surface area contributed by atoms with E-state index in [9.17, 15) is 9.59 Å². The Kier molecular flexibility index (Phi) is 5.67. The van der Waals surface area contributed by atoms with E-state index < -0.39 is 12.0 Å². The molecule has 1 aromatic rings. The third kappa shape index (κ3) is 4.77. The molecular formula is C12H15NO4S. The minimum atomic E-state index is -1.02. The number of aliphatic carboxylic acids is 1. The third-order valence-corrected chi connectivity index (χ3v) is 3.21. The lowest BCUT2D eigenvalue weighted by Crippen LogP contribution is -2.32. The molecule has 0 heterocycles. The van der Waals surface area contributed by atoms with Crippen LogP contribution in [0.3, 0.4) is 0 Å². The summed E-state index contributed by atoms with van der Waals surface area (Å²) in [6, 6.07) is 6.26. The van der Waals surface area contributed by atoms with Crippen molar-refractivity contribution >= 4 is 23.7 Å². The van der Waals surface area contributed by atoms with Crippen molar-refractivity contribution in [1.82, 2.24) is 0 Å². The summed E-state index contributed by atoms with van der Waals surface area (Å²) < 4.78 is 5.05. The molecule has 0 aromatic heterocycles. The van der Waals surface area contributed by atoms with Gasteiger partial charge in [-0.25, -0.2) is 0 Å². The van der Waals surface area contributed by atoms with Crippen molar-refractivity contribution in [1.29, 1.82) is 0 Å². The van der Waals surface area contributed by atoms with Crippen LogP contribution in [0.25, 0.3) is 0 Å². The van der Waals surface area contributed by atoms with Crippen LogP contribution in [0.4, 0.5) is 0 Å². The van der Waals surface area contributed by atoms with Crippen molar-refractivity contribution in [3.8, 4) is 5.75 Å². The molecule has 1 rings (SSSR count). The van der Waals surface area contributed by atoms with E-state index >= 15 is 0 Å². The van der Waals surface area contributed by atoms with E-state index in [1.165, 1.54) is 18.7 Å². The standard InChI is InChI=1S/C12H15NO4S/c1-8(14)17-11-5-3-2-4-9(11)6-18-7-10(13)12(15)16/h2-5,10H,6-7,13H2,1H3,(H,15,16). The summed E-state index contributed by atoms with van der Waals surface area (Å²) >= 11 is 1.39. The van der Waals surface area contributed by atoms with Crippen LogP contribution >= 0.6 is 11.8 Å². The van der Waals surface area contributed by atoms with Gasteiger partial charge in [0.15, 0.2) is 0 Å². The lowest BCUT2D eigenvalue weighted by Gasteiger charge is -2.09. The molecule has 1 unspecified atom stereocenters. The third-order valence-electron chi connectivity index (χ3n) is 2.10. The average Bonchev–Trinajstić information content (AvgIpc) is 2.30. The topological polar surface area (TPSA) is 89.6 Å². The molecule has 1 atom stereocenters. The predicted octanol–water partition coefficient (Wildman–Crippen LogP) is 1.26. The second-order valence-corrected chi connectivity index (χ2v) is 4.69. The molecular weight excluding hydrogens is 254 g/mol. The first-order valence-corrected chi connectivity index (χ1v) is 6.48. The second kappa shape index (κ2) is 7.03. The average molecular weight is 269 g/mol. The number of rotatable bonds is 6. The van der Waals surface area contributed by atoms with Gasteiger partial charge in [0.2, 0.25) is 0 Å². The maximum Gasteiger partial charge on any atom is 0.321 e. The molecule has 0 saturated carbocycles. The number of carboxylic acids is 1. The second-order valence-electron chi connectivity index (χ2n) is 3.66. The van der Waals surface area contributed by atoms with Crippen LogP contribution in [0, 0.1) is 0 Å². The summed E-state index contributed by atoms with van der Waals surface area (Å²) in [4.78, 5) is 21.5. The van der Waals surface area contributed by atoms with E-state index in [2.05, 4.69) is 0 Å². The SMILES string of the molecule is CC(=O)Oc1ccccc1CSCC(N)C(=O)O. The summed E-state index contributed by atoms with van der Waals surface area (Å²) in [5.74, 6) is -0.0411. The molecule has 0 fully saturated rings. The number of thioether (sulfide) groups is 1. The number of carbonyl (C=O) groups excluding carboxylic acids is 1. The summed E-state index contributed by atoms with van der Waals surface area (Å²) in [5.41, 5.74) is 6.24. The van der Waals surface area contributed by atoms with Crippen LogP contribution in [-0.4, -0.2) is 28.8 Å². The zero-order chi connectivity index (χ0) is 13.5. The normalized spacial score (nSPS) is 11.9. The maximum absolute atomic E-state index is 10.9. The number of hydrogen-bond acceptors (Lipinski definition) is 5. The molecule has 0 aliphatic carbocycles. The molecule has 98 valence electrons. The molecule has 0 radical (unpaired) electrons. The Balaban J connectivity index is 2.56. The fourth-order valence-corrected chi connectivity index (χ4v) is 2.22. The van der Waals surface area contributed by atoms with Crippen molar-refractivity contribution in [3.63, 3.8) is 0 Å². The Morgan fingerprint density at radius 3 is 2.72 bits per heavy atom. The van der Waals surface area contributed by atoms with E-state index in [4.69, 9.17) is 15.6 Å². The monoisotopic (exact) mass is 269 g/mol. The van der Waals surface area contributed by atoms with Gasteiger partial charge in [0.1, 0.15) is 11.8 Å². The molecule has 3 N–H and O–H groups in total. The zero-order valence-electron chi connectivity index (χ0n) is 9.96. The maximum atomic E-state index is 10.9. The first-order chi connectivity index (χ1) is 8.50. The van der Waals surface area contributed by atoms with Crippen molar-refractivity contribution in [3.05, 3.63) is 29.8 Å². The van der Waals surface area contributed by atoms with Gasteiger partial charge < -0.3 is 15.6 Å². The Morgan fingerprint density at radius 2 is 2.11 bits per heavy atom. The van der Waals surface area contributed by atoms with E-state index in [-0.39, 0.29) is 5.97 Å². The number of para-hydroxylation sites is 1. The highest BCUT2D eigenvalue weighted by Crippen LogP contribution is 2.23. The highest BCUT2D eigenvalue weighted by molar-refractivity contribution is 7.98. The molecule has 0 aliphatic heterocycles. The largest absolute Gasteiger partial charge is 0.480 e. The highest BCUT2D eigenvalue weighted by atomic mass is 32.2. The van der Waals surface area contributed by atoms with Gasteiger partial charge in [-0.05, 0) is 6.07 Å². The van der Waals surface area contributed by atoms with E-state index in [1.807, 2.05) is 12.1 Å². The van der Waals surface area contributed by atoms with Crippen molar-refractivity contribution in [2.75, 3.05) is 5.75 Å². The molecule has 18 heavy (non-hydrogen) atoms. The highest BCUT2D eigenvalue weighted by Gasteiger charge is 2.12. The number of carbonyl (C=O) groups is 2. The molecule has 0 aliphatic rings. The van der Waals surface area contributed by atoms with Crippen molar-refractivity contribution < 1.29 is 19.4 Å². The Bertz CT molecular complexity index is 436. The van der Waals surface area contributed by atoms with E-state index in [0.717, 1.165) is 5.56 Å². The smallest absolute Gasteiger partial charge is 0.321 e. The Morgan fingerprint density at radius 1 is 1.44 bits per heavy atom.